The third-order valence-corrected chi connectivity index (χ3v) is 2.24. The largest absolute Gasteiger partial charge is 0.493 e. The summed E-state index contributed by atoms with van der Waals surface area (Å²) in [6, 6.07) is 5.79. The number of aryl methyl sites for hydroxylation is 1. The van der Waals surface area contributed by atoms with Crippen LogP contribution in [0.2, 0.25) is 0 Å². The fourth-order valence-electron chi connectivity index (χ4n) is 1.42. The van der Waals surface area contributed by atoms with Gasteiger partial charge >= 0.3 is 0 Å². The van der Waals surface area contributed by atoms with E-state index in [1.165, 1.54) is 0 Å². The normalized spacial score (nSPS) is 9.88. The second-order valence-corrected chi connectivity index (χ2v) is 3.54. The van der Waals surface area contributed by atoms with Crippen molar-refractivity contribution < 1.29 is 14.3 Å². The molecule has 0 amide bonds. The third kappa shape index (κ3) is 3.57. The zero-order valence-corrected chi connectivity index (χ0v) is 9.86. The SMILES string of the molecule is CCCOc1ccc(CCC=O)cc1OC. The summed E-state index contributed by atoms with van der Waals surface area (Å²) in [6.07, 6.45) is 3.18. The van der Waals surface area contributed by atoms with Crippen molar-refractivity contribution in [2.45, 2.75) is 26.2 Å². The van der Waals surface area contributed by atoms with Crippen LogP contribution in [0.4, 0.5) is 0 Å². The van der Waals surface area contributed by atoms with Crippen molar-refractivity contribution in [3.8, 4) is 11.5 Å². The third-order valence-electron chi connectivity index (χ3n) is 2.24. The molecule has 0 saturated carbocycles. The number of hydrogen-bond donors (Lipinski definition) is 0. The van der Waals surface area contributed by atoms with Crippen molar-refractivity contribution in [2.75, 3.05) is 13.7 Å². The molecule has 0 heterocycles. The van der Waals surface area contributed by atoms with Gasteiger partial charge in [0.2, 0.25) is 0 Å². The van der Waals surface area contributed by atoms with Gasteiger partial charge in [-0.1, -0.05) is 13.0 Å². The van der Waals surface area contributed by atoms with Gasteiger partial charge in [-0.15, -0.1) is 0 Å². The fraction of sp³-hybridized carbons (Fsp3) is 0.462. The minimum atomic E-state index is 0.540. The van der Waals surface area contributed by atoms with Gasteiger partial charge in [0.25, 0.3) is 0 Å². The molecule has 0 aliphatic carbocycles. The van der Waals surface area contributed by atoms with Crippen LogP contribution in [-0.4, -0.2) is 20.0 Å². The summed E-state index contributed by atoms with van der Waals surface area (Å²) in [5, 5.41) is 0. The molecule has 3 nitrogen and oxygen atoms in total. The Morgan fingerprint density at radius 3 is 2.75 bits per heavy atom. The van der Waals surface area contributed by atoms with Gasteiger partial charge in [-0.2, -0.15) is 0 Å². The Bertz CT molecular complexity index is 334. The van der Waals surface area contributed by atoms with Gasteiger partial charge in [0.15, 0.2) is 11.5 Å². The van der Waals surface area contributed by atoms with E-state index in [2.05, 4.69) is 6.92 Å². The van der Waals surface area contributed by atoms with Crippen LogP contribution in [0.1, 0.15) is 25.3 Å². The molecule has 16 heavy (non-hydrogen) atoms. The number of benzene rings is 1. The van der Waals surface area contributed by atoms with E-state index in [0.717, 1.165) is 36.2 Å². The van der Waals surface area contributed by atoms with Gasteiger partial charge in [0.05, 0.1) is 13.7 Å². The zero-order valence-electron chi connectivity index (χ0n) is 9.86. The molecule has 88 valence electrons. The number of carbonyl (C=O) groups excluding carboxylic acids is 1. The fourth-order valence-corrected chi connectivity index (χ4v) is 1.42. The predicted octanol–water partition coefficient (Wildman–Crippen LogP) is 2.62. The Morgan fingerprint density at radius 2 is 2.12 bits per heavy atom. The van der Waals surface area contributed by atoms with E-state index < -0.39 is 0 Å². The van der Waals surface area contributed by atoms with Gasteiger partial charge in [-0.25, -0.2) is 0 Å². The van der Waals surface area contributed by atoms with E-state index in [4.69, 9.17) is 9.47 Å². The van der Waals surface area contributed by atoms with Crippen LogP contribution in [0, 0.1) is 0 Å². The van der Waals surface area contributed by atoms with Crippen molar-refractivity contribution in [1.82, 2.24) is 0 Å². The maximum absolute atomic E-state index is 10.3. The maximum atomic E-state index is 10.3. The van der Waals surface area contributed by atoms with E-state index in [0.29, 0.717) is 13.0 Å². The molecule has 0 radical (unpaired) electrons. The molecule has 0 unspecified atom stereocenters. The molecule has 0 aromatic heterocycles. The van der Waals surface area contributed by atoms with Gasteiger partial charge in [-0.05, 0) is 30.5 Å². The molecule has 1 aromatic carbocycles. The van der Waals surface area contributed by atoms with Gasteiger partial charge in [0, 0.05) is 6.42 Å². The molecule has 0 N–H and O–H groups in total. The molecule has 0 saturated heterocycles. The second kappa shape index (κ2) is 6.88. The van der Waals surface area contributed by atoms with Crippen LogP contribution in [0.15, 0.2) is 18.2 Å². The Kier molecular flexibility index (Phi) is 5.40. The minimum absolute atomic E-state index is 0.540. The molecule has 3 heteroatoms. The first-order valence-corrected chi connectivity index (χ1v) is 5.55. The monoisotopic (exact) mass is 222 g/mol. The number of methoxy groups -OCH3 is 1. The first kappa shape index (κ1) is 12.6. The standard InChI is InChI=1S/C13H18O3/c1-3-9-16-12-7-6-11(5-4-8-14)10-13(12)15-2/h6-8,10H,3-5,9H2,1-2H3. The molecule has 1 rings (SSSR count). The highest BCUT2D eigenvalue weighted by molar-refractivity contribution is 5.51. The van der Waals surface area contributed by atoms with Crippen LogP contribution in [0.5, 0.6) is 11.5 Å². The zero-order chi connectivity index (χ0) is 11.8. The minimum Gasteiger partial charge on any atom is -0.493 e. The Morgan fingerprint density at radius 1 is 1.31 bits per heavy atom. The summed E-state index contributed by atoms with van der Waals surface area (Å²) in [4.78, 5) is 10.3. The summed E-state index contributed by atoms with van der Waals surface area (Å²) in [5.41, 5.74) is 1.09. The number of ether oxygens (including phenoxy) is 2. The van der Waals surface area contributed by atoms with Crippen molar-refractivity contribution >= 4 is 6.29 Å². The average molecular weight is 222 g/mol. The molecule has 0 spiro atoms. The lowest BCUT2D eigenvalue weighted by Gasteiger charge is -2.11. The number of carbonyl (C=O) groups is 1. The first-order valence-electron chi connectivity index (χ1n) is 5.55. The molecule has 0 fully saturated rings. The maximum Gasteiger partial charge on any atom is 0.161 e. The highest BCUT2D eigenvalue weighted by atomic mass is 16.5. The van der Waals surface area contributed by atoms with Crippen molar-refractivity contribution in [2.24, 2.45) is 0 Å². The molecule has 1 aromatic rings. The van der Waals surface area contributed by atoms with Gasteiger partial charge < -0.3 is 14.3 Å². The van der Waals surface area contributed by atoms with Crippen LogP contribution in [0.3, 0.4) is 0 Å². The van der Waals surface area contributed by atoms with E-state index in [1.54, 1.807) is 7.11 Å². The highest BCUT2D eigenvalue weighted by Crippen LogP contribution is 2.28. The number of rotatable bonds is 7. The molecular weight excluding hydrogens is 204 g/mol. The summed E-state index contributed by atoms with van der Waals surface area (Å²) in [5.74, 6) is 1.50. The van der Waals surface area contributed by atoms with E-state index in [9.17, 15) is 4.79 Å². The van der Waals surface area contributed by atoms with E-state index >= 15 is 0 Å². The molecule has 0 aliphatic rings. The Labute approximate surface area is 96.4 Å². The van der Waals surface area contributed by atoms with Crippen LogP contribution in [0.25, 0.3) is 0 Å². The quantitative estimate of drug-likeness (QED) is 0.665. The predicted molar refractivity (Wildman–Crippen MR) is 63.2 cm³/mol. The van der Waals surface area contributed by atoms with Crippen molar-refractivity contribution in [3.63, 3.8) is 0 Å². The lowest BCUT2D eigenvalue weighted by atomic mass is 10.1. The van der Waals surface area contributed by atoms with Crippen LogP contribution in [-0.2, 0) is 11.2 Å². The molecular formula is C13H18O3. The van der Waals surface area contributed by atoms with Crippen LogP contribution < -0.4 is 9.47 Å². The van der Waals surface area contributed by atoms with Crippen molar-refractivity contribution in [1.29, 1.82) is 0 Å². The summed E-state index contributed by atoms with van der Waals surface area (Å²) < 4.78 is 10.8. The summed E-state index contributed by atoms with van der Waals surface area (Å²) >= 11 is 0. The Balaban J connectivity index is 2.75. The molecule has 0 bridgehead atoms. The number of hydrogen-bond acceptors (Lipinski definition) is 3. The average Bonchev–Trinajstić information content (AvgIpc) is 2.34. The lowest BCUT2D eigenvalue weighted by molar-refractivity contribution is -0.107. The van der Waals surface area contributed by atoms with E-state index in [-0.39, 0.29) is 0 Å². The smallest absolute Gasteiger partial charge is 0.161 e. The van der Waals surface area contributed by atoms with Gasteiger partial charge in [-0.3, -0.25) is 0 Å². The molecule has 0 atom stereocenters. The lowest BCUT2D eigenvalue weighted by Crippen LogP contribution is -1.98. The Hall–Kier alpha value is -1.51. The van der Waals surface area contributed by atoms with Gasteiger partial charge in [0.1, 0.15) is 6.29 Å². The summed E-state index contributed by atoms with van der Waals surface area (Å²) in [7, 11) is 1.62. The number of aldehydes is 1. The van der Waals surface area contributed by atoms with Crippen molar-refractivity contribution in [3.05, 3.63) is 23.8 Å². The van der Waals surface area contributed by atoms with E-state index in [1.807, 2.05) is 18.2 Å². The summed E-state index contributed by atoms with van der Waals surface area (Å²) in [6.45, 7) is 2.75. The van der Waals surface area contributed by atoms with Crippen LogP contribution >= 0.6 is 0 Å². The highest BCUT2D eigenvalue weighted by Gasteiger charge is 2.05. The second-order valence-electron chi connectivity index (χ2n) is 3.54. The first-order chi connectivity index (χ1) is 7.81. The topological polar surface area (TPSA) is 35.5 Å². The molecule has 0 aliphatic heterocycles.